The number of carbonyl (C=O) groups excluding carboxylic acids is 1. The lowest BCUT2D eigenvalue weighted by Gasteiger charge is -2.36. The van der Waals surface area contributed by atoms with Gasteiger partial charge in [0.1, 0.15) is 6.04 Å². The molecule has 1 aromatic rings. The molecule has 0 spiro atoms. The van der Waals surface area contributed by atoms with Crippen molar-refractivity contribution in [2.45, 2.75) is 42.9 Å². The molecule has 0 unspecified atom stereocenters. The molecule has 1 aromatic carbocycles. The Morgan fingerprint density at radius 3 is 2.67 bits per heavy atom. The van der Waals surface area contributed by atoms with Crippen molar-refractivity contribution >= 4 is 43.7 Å². The molecule has 0 amide bonds. The molecular weight excluding hydrogens is 414 g/mol. The monoisotopic (exact) mass is 435 g/mol. The number of methoxy groups -OCH3 is 1. The smallest absolute Gasteiger partial charge is 0.325 e. The zero-order valence-electron chi connectivity index (χ0n) is 14.2. The summed E-state index contributed by atoms with van der Waals surface area (Å²) in [5, 5.41) is 0. The number of rotatable bonds is 3. The molecule has 0 radical (unpaired) electrons. The van der Waals surface area contributed by atoms with Crippen molar-refractivity contribution in [2.24, 2.45) is 0 Å². The van der Waals surface area contributed by atoms with E-state index in [4.69, 9.17) is 4.74 Å². The first-order valence-electron chi connectivity index (χ1n) is 7.61. The molecule has 8 heteroatoms. The first kappa shape index (κ1) is 19.8. The van der Waals surface area contributed by atoms with Crippen LogP contribution < -0.4 is 0 Å². The third kappa shape index (κ3) is 3.81. The normalized spacial score (nSPS) is 22.0. The number of aryl methyl sites for hydroxylation is 1. The van der Waals surface area contributed by atoms with Crippen molar-refractivity contribution in [3.05, 3.63) is 28.2 Å². The minimum absolute atomic E-state index is 0.224. The molecule has 1 heterocycles. The molecule has 2 rings (SSSR count). The van der Waals surface area contributed by atoms with Gasteiger partial charge in [-0.05, 0) is 56.7 Å². The molecule has 0 bridgehead atoms. The fourth-order valence-electron chi connectivity index (χ4n) is 2.91. The van der Waals surface area contributed by atoms with Crippen LogP contribution >= 0.6 is 27.7 Å². The number of nitrogens with zero attached hydrogens (tertiary/aromatic N) is 1. The van der Waals surface area contributed by atoms with Gasteiger partial charge in [-0.15, -0.1) is 0 Å². The second-order valence-electron chi connectivity index (χ2n) is 6.26. The van der Waals surface area contributed by atoms with Gasteiger partial charge in [-0.1, -0.05) is 15.9 Å². The SMILES string of the molecule is COC(=O)[C@@H]1N(S(=O)(=O)c2ccc(Br)cc2C)CCCSC1(C)C. The van der Waals surface area contributed by atoms with E-state index in [-0.39, 0.29) is 4.90 Å². The molecule has 1 saturated heterocycles. The maximum absolute atomic E-state index is 13.3. The Bertz CT molecular complexity index is 734. The number of hydrogen-bond acceptors (Lipinski definition) is 5. The Balaban J connectivity index is 2.57. The highest BCUT2D eigenvalue weighted by Crippen LogP contribution is 2.38. The van der Waals surface area contributed by atoms with Crippen molar-refractivity contribution < 1.29 is 17.9 Å². The molecule has 0 saturated carbocycles. The van der Waals surface area contributed by atoms with Gasteiger partial charge in [-0.2, -0.15) is 16.1 Å². The van der Waals surface area contributed by atoms with Gasteiger partial charge in [0.2, 0.25) is 10.0 Å². The summed E-state index contributed by atoms with van der Waals surface area (Å²) in [6, 6.07) is 4.18. The summed E-state index contributed by atoms with van der Waals surface area (Å²) in [7, 11) is -2.51. The molecule has 1 aliphatic heterocycles. The highest BCUT2D eigenvalue weighted by molar-refractivity contribution is 9.10. The maximum Gasteiger partial charge on any atom is 0.325 e. The number of thioether (sulfide) groups is 1. The van der Waals surface area contributed by atoms with Gasteiger partial charge in [0.05, 0.1) is 12.0 Å². The number of carbonyl (C=O) groups is 1. The predicted octanol–water partition coefficient (Wildman–Crippen LogP) is 3.21. The molecule has 24 heavy (non-hydrogen) atoms. The average Bonchev–Trinajstić information content (AvgIpc) is 2.64. The number of sulfonamides is 1. The number of esters is 1. The van der Waals surface area contributed by atoms with Crippen molar-refractivity contribution in [1.82, 2.24) is 4.31 Å². The van der Waals surface area contributed by atoms with Gasteiger partial charge in [0, 0.05) is 15.8 Å². The fourth-order valence-corrected chi connectivity index (χ4v) is 6.59. The van der Waals surface area contributed by atoms with Gasteiger partial charge in [-0.25, -0.2) is 8.42 Å². The van der Waals surface area contributed by atoms with Gasteiger partial charge in [0.15, 0.2) is 0 Å². The quantitative estimate of drug-likeness (QED) is 0.681. The fraction of sp³-hybridized carbons (Fsp3) is 0.562. The summed E-state index contributed by atoms with van der Waals surface area (Å²) in [4.78, 5) is 12.6. The third-order valence-corrected chi connectivity index (χ3v) is 8.07. The molecule has 1 fully saturated rings. The van der Waals surface area contributed by atoms with Crippen LogP contribution in [-0.4, -0.2) is 48.9 Å². The lowest BCUT2D eigenvalue weighted by molar-refractivity contribution is -0.146. The molecular formula is C16H22BrNO4S2. The van der Waals surface area contributed by atoms with Crippen molar-refractivity contribution in [1.29, 1.82) is 0 Å². The molecule has 134 valence electrons. The lowest BCUT2D eigenvalue weighted by Crippen LogP contribution is -2.54. The second kappa shape index (κ2) is 7.35. The van der Waals surface area contributed by atoms with Crippen molar-refractivity contribution in [3.63, 3.8) is 0 Å². The van der Waals surface area contributed by atoms with E-state index in [0.29, 0.717) is 18.5 Å². The highest BCUT2D eigenvalue weighted by Gasteiger charge is 2.47. The van der Waals surface area contributed by atoms with Crippen molar-refractivity contribution in [2.75, 3.05) is 19.4 Å². The summed E-state index contributed by atoms with van der Waals surface area (Å²) < 4.78 is 33.1. The maximum atomic E-state index is 13.3. The largest absolute Gasteiger partial charge is 0.468 e. The Morgan fingerprint density at radius 1 is 1.42 bits per heavy atom. The van der Waals surface area contributed by atoms with Gasteiger partial charge in [-0.3, -0.25) is 4.79 Å². The first-order chi connectivity index (χ1) is 11.1. The Morgan fingerprint density at radius 2 is 2.08 bits per heavy atom. The van der Waals surface area contributed by atoms with E-state index in [9.17, 15) is 13.2 Å². The number of hydrogen-bond donors (Lipinski definition) is 0. The van der Waals surface area contributed by atoms with E-state index >= 15 is 0 Å². The summed E-state index contributed by atoms with van der Waals surface area (Å²) >= 11 is 4.95. The summed E-state index contributed by atoms with van der Waals surface area (Å²) in [6.45, 7) is 5.83. The Labute approximate surface area is 156 Å². The second-order valence-corrected chi connectivity index (χ2v) is 10.8. The van der Waals surface area contributed by atoms with E-state index in [1.54, 1.807) is 36.9 Å². The molecule has 0 N–H and O–H groups in total. The minimum Gasteiger partial charge on any atom is -0.468 e. The van der Waals surface area contributed by atoms with Crippen LogP contribution in [-0.2, 0) is 19.6 Å². The summed E-state index contributed by atoms with van der Waals surface area (Å²) in [5.41, 5.74) is 0.641. The summed E-state index contributed by atoms with van der Waals surface area (Å²) in [5.74, 6) is 0.277. The van der Waals surface area contributed by atoms with Crippen LogP contribution in [0.4, 0.5) is 0 Å². The standard InChI is InChI=1S/C16H22BrNO4S2/c1-11-10-12(17)6-7-13(11)24(20,21)18-8-5-9-23-16(2,3)14(18)15(19)22-4/h6-7,10,14H,5,8-9H2,1-4H3/t14-/m0/s1. The molecule has 0 aliphatic carbocycles. The number of benzene rings is 1. The van der Waals surface area contributed by atoms with E-state index in [1.807, 2.05) is 13.8 Å². The van der Waals surface area contributed by atoms with Crippen LogP contribution in [0, 0.1) is 6.92 Å². The molecule has 1 atom stereocenters. The van der Waals surface area contributed by atoms with Crippen LogP contribution in [0.15, 0.2) is 27.6 Å². The van der Waals surface area contributed by atoms with Crippen molar-refractivity contribution in [3.8, 4) is 0 Å². The van der Waals surface area contributed by atoms with E-state index in [1.165, 1.54) is 11.4 Å². The average molecular weight is 436 g/mol. The minimum atomic E-state index is -3.81. The Hall–Kier alpha value is -0.570. The van der Waals surface area contributed by atoms with Crippen LogP contribution in [0.2, 0.25) is 0 Å². The third-order valence-electron chi connectivity index (χ3n) is 4.09. The highest BCUT2D eigenvalue weighted by atomic mass is 79.9. The van der Waals surface area contributed by atoms with E-state index < -0.39 is 26.8 Å². The topological polar surface area (TPSA) is 63.7 Å². The zero-order valence-corrected chi connectivity index (χ0v) is 17.4. The first-order valence-corrected chi connectivity index (χ1v) is 10.8. The van der Waals surface area contributed by atoms with Crippen LogP contribution in [0.1, 0.15) is 25.8 Å². The van der Waals surface area contributed by atoms with E-state index in [0.717, 1.165) is 10.2 Å². The van der Waals surface area contributed by atoms with Gasteiger partial charge >= 0.3 is 5.97 Å². The molecule has 5 nitrogen and oxygen atoms in total. The van der Waals surface area contributed by atoms with Crippen LogP contribution in [0.3, 0.4) is 0 Å². The van der Waals surface area contributed by atoms with Crippen LogP contribution in [0.25, 0.3) is 0 Å². The number of halogens is 1. The number of ether oxygens (including phenoxy) is 1. The van der Waals surface area contributed by atoms with Gasteiger partial charge in [0.25, 0.3) is 0 Å². The van der Waals surface area contributed by atoms with Crippen LogP contribution in [0.5, 0.6) is 0 Å². The predicted molar refractivity (Wildman–Crippen MR) is 99.7 cm³/mol. The summed E-state index contributed by atoms with van der Waals surface area (Å²) in [6.07, 6.45) is 0.691. The molecule has 1 aliphatic rings. The van der Waals surface area contributed by atoms with E-state index in [2.05, 4.69) is 15.9 Å². The molecule has 0 aromatic heterocycles. The lowest BCUT2D eigenvalue weighted by atomic mass is 10.0. The van der Waals surface area contributed by atoms with Gasteiger partial charge < -0.3 is 4.74 Å². The zero-order chi connectivity index (χ0) is 18.1. The Kier molecular flexibility index (Phi) is 6.05.